The van der Waals surface area contributed by atoms with Gasteiger partial charge in [0.25, 0.3) is 0 Å². The summed E-state index contributed by atoms with van der Waals surface area (Å²) < 4.78 is 5.39. The second-order valence-electron chi connectivity index (χ2n) is 3.65. The Labute approximate surface area is 84.1 Å². The molecule has 0 fully saturated rings. The van der Waals surface area contributed by atoms with E-state index >= 15 is 0 Å². The van der Waals surface area contributed by atoms with Gasteiger partial charge in [-0.05, 0) is 24.8 Å². The van der Waals surface area contributed by atoms with Gasteiger partial charge in [-0.2, -0.15) is 5.26 Å². The summed E-state index contributed by atoms with van der Waals surface area (Å²) in [5.74, 6) is 0. The standard InChI is InChI=1S/C12H13NO/c1-14-12(9-13)8-4-6-10-5-2-3-7-11(10)12/h2-3,5,7H,4,6,8H2,1H3. The van der Waals surface area contributed by atoms with Crippen molar-refractivity contribution in [1.82, 2.24) is 0 Å². The van der Waals surface area contributed by atoms with E-state index in [1.807, 2.05) is 18.2 Å². The van der Waals surface area contributed by atoms with Crippen LogP contribution in [0.3, 0.4) is 0 Å². The number of hydrogen-bond acceptors (Lipinski definition) is 2. The van der Waals surface area contributed by atoms with Crippen molar-refractivity contribution in [2.75, 3.05) is 7.11 Å². The Kier molecular flexibility index (Phi) is 2.26. The maximum atomic E-state index is 9.21. The average molecular weight is 187 g/mol. The highest BCUT2D eigenvalue weighted by Crippen LogP contribution is 2.37. The van der Waals surface area contributed by atoms with E-state index < -0.39 is 5.60 Å². The van der Waals surface area contributed by atoms with Crippen molar-refractivity contribution in [2.45, 2.75) is 24.9 Å². The first-order valence-corrected chi connectivity index (χ1v) is 4.87. The molecule has 0 spiro atoms. The molecule has 0 radical (unpaired) electrons. The van der Waals surface area contributed by atoms with Crippen molar-refractivity contribution < 1.29 is 4.74 Å². The normalized spacial score (nSPS) is 25.1. The van der Waals surface area contributed by atoms with Gasteiger partial charge in [0.1, 0.15) is 6.07 Å². The zero-order chi connectivity index (χ0) is 10.0. The van der Waals surface area contributed by atoms with E-state index in [-0.39, 0.29) is 0 Å². The van der Waals surface area contributed by atoms with Gasteiger partial charge in [-0.3, -0.25) is 0 Å². The molecule has 1 aromatic rings. The van der Waals surface area contributed by atoms with E-state index in [1.54, 1.807) is 7.11 Å². The molecule has 0 aromatic heterocycles. The fourth-order valence-corrected chi connectivity index (χ4v) is 2.17. The van der Waals surface area contributed by atoms with Crippen LogP contribution in [0.2, 0.25) is 0 Å². The fraction of sp³-hybridized carbons (Fsp3) is 0.417. The van der Waals surface area contributed by atoms with Crippen molar-refractivity contribution in [3.63, 3.8) is 0 Å². The third kappa shape index (κ3) is 1.21. The molecule has 2 rings (SSSR count). The maximum Gasteiger partial charge on any atom is 0.179 e. The molecular formula is C12H13NO. The predicted molar refractivity (Wildman–Crippen MR) is 53.7 cm³/mol. The van der Waals surface area contributed by atoms with Gasteiger partial charge in [0, 0.05) is 12.7 Å². The lowest BCUT2D eigenvalue weighted by Crippen LogP contribution is -2.31. The summed E-state index contributed by atoms with van der Waals surface area (Å²) in [4.78, 5) is 0. The Hall–Kier alpha value is -1.33. The second-order valence-corrected chi connectivity index (χ2v) is 3.65. The number of methoxy groups -OCH3 is 1. The van der Waals surface area contributed by atoms with Gasteiger partial charge >= 0.3 is 0 Å². The highest BCUT2D eigenvalue weighted by molar-refractivity contribution is 5.39. The van der Waals surface area contributed by atoms with Crippen LogP contribution in [0, 0.1) is 11.3 Å². The molecule has 1 atom stereocenters. The van der Waals surface area contributed by atoms with E-state index in [0.717, 1.165) is 24.8 Å². The molecule has 0 aliphatic heterocycles. The van der Waals surface area contributed by atoms with Gasteiger partial charge in [-0.15, -0.1) is 0 Å². The van der Waals surface area contributed by atoms with E-state index in [2.05, 4.69) is 12.1 Å². The van der Waals surface area contributed by atoms with Crippen molar-refractivity contribution in [1.29, 1.82) is 5.26 Å². The van der Waals surface area contributed by atoms with E-state index in [1.165, 1.54) is 5.56 Å². The Balaban J connectivity index is 2.55. The van der Waals surface area contributed by atoms with Gasteiger partial charge in [-0.25, -0.2) is 0 Å². The maximum absolute atomic E-state index is 9.21. The van der Waals surface area contributed by atoms with Gasteiger partial charge in [0.05, 0.1) is 0 Å². The summed E-state index contributed by atoms with van der Waals surface area (Å²) in [6.45, 7) is 0. The molecule has 2 nitrogen and oxygen atoms in total. The molecule has 0 amide bonds. The number of nitrogens with zero attached hydrogens (tertiary/aromatic N) is 1. The smallest absolute Gasteiger partial charge is 0.179 e. The van der Waals surface area contributed by atoms with Crippen molar-refractivity contribution in [3.8, 4) is 6.07 Å². The number of rotatable bonds is 1. The predicted octanol–water partition coefficient (Wildman–Crippen LogP) is 2.39. The molecule has 2 heteroatoms. The van der Waals surface area contributed by atoms with Gasteiger partial charge in [0.15, 0.2) is 5.60 Å². The molecule has 1 aliphatic rings. The third-order valence-corrected chi connectivity index (χ3v) is 2.96. The van der Waals surface area contributed by atoms with Crippen molar-refractivity contribution in [2.24, 2.45) is 0 Å². The second kappa shape index (κ2) is 3.43. The number of hydrogen-bond donors (Lipinski definition) is 0. The minimum absolute atomic E-state index is 0.700. The molecule has 0 heterocycles. The summed E-state index contributed by atoms with van der Waals surface area (Å²) in [6, 6.07) is 10.4. The minimum Gasteiger partial charge on any atom is -0.359 e. The van der Waals surface area contributed by atoms with Crippen LogP contribution in [0.4, 0.5) is 0 Å². The van der Waals surface area contributed by atoms with Crippen LogP contribution in [0.15, 0.2) is 24.3 Å². The van der Waals surface area contributed by atoms with Crippen LogP contribution in [-0.2, 0) is 16.8 Å². The monoisotopic (exact) mass is 187 g/mol. The average Bonchev–Trinajstić information content (AvgIpc) is 2.28. The number of ether oxygens (including phenoxy) is 1. The zero-order valence-electron chi connectivity index (χ0n) is 8.29. The van der Waals surface area contributed by atoms with Crippen LogP contribution in [0.5, 0.6) is 0 Å². The molecule has 0 saturated heterocycles. The SMILES string of the molecule is COC1(C#N)CCCc2ccccc21. The van der Waals surface area contributed by atoms with Crippen LogP contribution in [0.25, 0.3) is 0 Å². The lowest BCUT2D eigenvalue weighted by Gasteiger charge is -2.31. The minimum atomic E-state index is -0.700. The first-order chi connectivity index (χ1) is 6.82. The van der Waals surface area contributed by atoms with Crippen LogP contribution < -0.4 is 0 Å². The molecule has 72 valence electrons. The zero-order valence-corrected chi connectivity index (χ0v) is 8.29. The summed E-state index contributed by atoms with van der Waals surface area (Å²) in [7, 11) is 1.62. The third-order valence-electron chi connectivity index (χ3n) is 2.96. The van der Waals surface area contributed by atoms with E-state index in [9.17, 15) is 5.26 Å². The number of aryl methyl sites for hydroxylation is 1. The summed E-state index contributed by atoms with van der Waals surface area (Å²) in [6.07, 6.45) is 2.89. The summed E-state index contributed by atoms with van der Waals surface area (Å²) in [5, 5.41) is 9.21. The number of nitriles is 1. The fourth-order valence-electron chi connectivity index (χ4n) is 2.17. The molecule has 14 heavy (non-hydrogen) atoms. The van der Waals surface area contributed by atoms with Crippen LogP contribution >= 0.6 is 0 Å². The summed E-state index contributed by atoms with van der Waals surface area (Å²) in [5.41, 5.74) is 1.60. The first kappa shape index (κ1) is 9.23. The molecule has 0 saturated carbocycles. The van der Waals surface area contributed by atoms with Crippen LogP contribution in [0.1, 0.15) is 24.0 Å². The molecular weight excluding hydrogens is 174 g/mol. The quantitative estimate of drug-likeness (QED) is 0.676. The summed E-state index contributed by atoms with van der Waals surface area (Å²) >= 11 is 0. The number of fused-ring (bicyclic) bond motifs is 1. The van der Waals surface area contributed by atoms with Gasteiger partial charge in [-0.1, -0.05) is 24.3 Å². The Morgan fingerprint density at radius 3 is 2.93 bits per heavy atom. The van der Waals surface area contributed by atoms with E-state index in [0.29, 0.717) is 0 Å². The van der Waals surface area contributed by atoms with Crippen molar-refractivity contribution in [3.05, 3.63) is 35.4 Å². The molecule has 0 bridgehead atoms. The topological polar surface area (TPSA) is 33.0 Å². The first-order valence-electron chi connectivity index (χ1n) is 4.87. The highest BCUT2D eigenvalue weighted by atomic mass is 16.5. The largest absolute Gasteiger partial charge is 0.359 e. The Bertz CT molecular complexity index is 380. The van der Waals surface area contributed by atoms with Crippen molar-refractivity contribution >= 4 is 0 Å². The van der Waals surface area contributed by atoms with Gasteiger partial charge in [0.2, 0.25) is 0 Å². The Morgan fingerprint density at radius 2 is 2.21 bits per heavy atom. The molecule has 1 aliphatic carbocycles. The highest BCUT2D eigenvalue weighted by Gasteiger charge is 2.36. The number of benzene rings is 1. The van der Waals surface area contributed by atoms with Gasteiger partial charge < -0.3 is 4.74 Å². The Morgan fingerprint density at radius 1 is 1.43 bits per heavy atom. The lowest BCUT2D eigenvalue weighted by atomic mass is 9.80. The van der Waals surface area contributed by atoms with Crippen LogP contribution in [-0.4, -0.2) is 7.11 Å². The molecule has 1 aromatic carbocycles. The molecule has 1 unspecified atom stereocenters. The molecule has 0 N–H and O–H groups in total. The lowest BCUT2D eigenvalue weighted by molar-refractivity contribution is 0.0213. The van der Waals surface area contributed by atoms with E-state index in [4.69, 9.17) is 4.74 Å².